The predicted octanol–water partition coefficient (Wildman–Crippen LogP) is 3.72. The first-order valence-corrected chi connectivity index (χ1v) is 7.20. The zero-order chi connectivity index (χ0) is 15.6. The minimum absolute atomic E-state index is 0.178. The highest BCUT2D eigenvalue weighted by Gasteiger charge is 2.36. The monoisotopic (exact) mass is 304 g/mol. The van der Waals surface area contributed by atoms with Gasteiger partial charge in [-0.2, -0.15) is 13.2 Å². The summed E-state index contributed by atoms with van der Waals surface area (Å²) in [6.07, 6.45) is -1.62. The fourth-order valence-corrected chi connectivity index (χ4v) is 2.69. The van der Waals surface area contributed by atoms with Crippen LogP contribution in [-0.4, -0.2) is 24.0 Å². The number of halogens is 4. The van der Waals surface area contributed by atoms with Gasteiger partial charge in [-0.25, -0.2) is 4.39 Å². The summed E-state index contributed by atoms with van der Waals surface area (Å²) in [6.45, 7) is 2.94. The predicted molar refractivity (Wildman–Crippen MR) is 73.2 cm³/mol. The lowest BCUT2D eigenvalue weighted by Gasteiger charge is -2.31. The number of benzene rings is 1. The highest BCUT2D eigenvalue weighted by molar-refractivity contribution is 5.29. The lowest BCUT2D eigenvalue weighted by atomic mass is 10.0. The molecular formula is C15H20F4N2. The van der Waals surface area contributed by atoms with E-state index in [0.29, 0.717) is 17.7 Å². The Hall–Kier alpha value is -1.14. The van der Waals surface area contributed by atoms with Crippen molar-refractivity contribution in [2.45, 2.75) is 44.4 Å². The number of alkyl halides is 3. The van der Waals surface area contributed by atoms with E-state index in [4.69, 9.17) is 5.73 Å². The van der Waals surface area contributed by atoms with Crippen molar-refractivity contribution in [1.82, 2.24) is 4.90 Å². The maximum absolute atomic E-state index is 13.6. The van der Waals surface area contributed by atoms with Gasteiger partial charge in [0.15, 0.2) is 0 Å². The molecular weight excluding hydrogens is 284 g/mol. The fraction of sp³-hybridized carbons (Fsp3) is 0.600. The van der Waals surface area contributed by atoms with Gasteiger partial charge in [-0.05, 0) is 49.6 Å². The molecule has 1 atom stereocenters. The highest BCUT2D eigenvalue weighted by atomic mass is 19.4. The quantitative estimate of drug-likeness (QED) is 0.812. The van der Waals surface area contributed by atoms with E-state index in [2.05, 4.69) is 4.90 Å². The molecule has 0 saturated heterocycles. The third-order valence-corrected chi connectivity index (χ3v) is 3.75. The van der Waals surface area contributed by atoms with Crippen LogP contribution in [0.15, 0.2) is 18.2 Å². The number of nitrogens with zero attached hydrogens (tertiary/aromatic N) is 1. The van der Waals surface area contributed by atoms with Crippen LogP contribution in [-0.2, 0) is 6.18 Å². The van der Waals surface area contributed by atoms with Gasteiger partial charge in [0.05, 0.1) is 5.56 Å². The van der Waals surface area contributed by atoms with Crippen LogP contribution in [0.4, 0.5) is 17.6 Å². The smallest absolute Gasteiger partial charge is 0.329 e. The lowest BCUT2D eigenvalue weighted by Crippen LogP contribution is -2.36. The Kier molecular flexibility index (Phi) is 4.88. The second-order valence-corrected chi connectivity index (χ2v) is 5.49. The van der Waals surface area contributed by atoms with Gasteiger partial charge >= 0.3 is 6.18 Å². The molecule has 118 valence electrons. The van der Waals surface area contributed by atoms with Crippen LogP contribution in [0.2, 0.25) is 0 Å². The van der Waals surface area contributed by atoms with Gasteiger partial charge in [-0.15, -0.1) is 0 Å². The first-order valence-electron chi connectivity index (χ1n) is 7.20. The first kappa shape index (κ1) is 16.2. The zero-order valence-corrected chi connectivity index (χ0v) is 12.0. The van der Waals surface area contributed by atoms with Crippen LogP contribution >= 0.6 is 0 Å². The number of hydrogen-bond donors (Lipinski definition) is 1. The second-order valence-electron chi connectivity index (χ2n) is 5.49. The largest absolute Gasteiger partial charge is 0.416 e. The molecule has 21 heavy (non-hydrogen) atoms. The van der Waals surface area contributed by atoms with Gasteiger partial charge in [-0.1, -0.05) is 6.92 Å². The average molecular weight is 304 g/mol. The lowest BCUT2D eigenvalue weighted by molar-refractivity contribution is -0.137. The summed E-state index contributed by atoms with van der Waals surface area (Å²) >= 11 is 0. The molecule has 0 bridgehead atoms. The van der Waals surface area contributed by atoms with Gasteiger partial charge in [0.2, 0.25) is 0 Å². The van der Waals surface area contributed by atoms with E-state index in [1.54, 1.807) is 0 Å². The maximum atomic E-state index is 13.6. The summed E-state index contributed by atoms with van der Waals surface area (Å²) in [5, 5.41) is 0. The van der Waals surface area contributed by atoms with Gasteiger partial charge in [0.25, 0.3) is 0 Å². The van der Waals surface area contributed by atoms with Crippen molar-refractivity contribution in [1.29, 1.82) is 0 Å². The second kappa shape index (κ2) is 6.32. The number of hydrogen-bond acceptors (Lipinski definition) is 2. The maximum Gasteiger partial charge on any atom is 0.416 e. The van der Waals surface area contributed by atoms with E-state index < -0.39 is 17.6 Å². The van der Waals surface area contributed by atoms with Crippen molar-refractivity contribution >= 4 is 0 Å². The Morgan fingerprint density at radius 1 is 1.29 bits per heavy atom. The van der Waals surface area contributed by atoms with Gasteiger partial charge < -0.3 is 5.73 Å². The van der Waals surface area contributed by atoms with E-state index in [-0.39, 0.29) is 12.6 Å². The SMILES string of the molecule is CCCN(C1CC1)C(CN)c1cc(F)cc(C(F)(F)F)c1. The molecule has 1 aromatic rings. The number of nitrogens with two attached hydrogens (primary N) is 1. The van der Waals surface area contributed by atoms with Gasteiger partial charge in [0, 0.05) is 18.6 Å². The van der Waals surface area contributed by atoms with Gasteiger partial charge in [-0.3, -0.25) is 4.90 Å². The molecule has 0 aromatic heterocycles. The Morgan fingerprint density at radius 2 is 1.95 bits per heavy atom. The minimum atomic E-state index is -4.55. The van der Waals surface area contributed by atoms with Crippen molar-refractivity contribution in [3.63, 3.8) is 0 Å². The van der Waals surface area contributed by atoms with Crippen LogP contribution in [0.1, 0.15) is 43.4 Å². The summed E-state index contributed by atoms with van der Waals surface area (Å²) in [5.41, 5.74) is 5.12. The summed E-state index contributed by atoms with van der Waals surface area (Å²) < 4.78 is 52.0. The Bertz CT molecular complexity index is 483. The minimum Gasteiger partial charge on any atom is -0.329 e. The molecule has 1 aromatic carbocycles. The average Bonchev–Trinajstić information content (AvgIpc) is 3.21. The molecule has 2 N–H and O–H groups in total. The summed E-state index contributed by atoms with van der Waals surface area (Å²) in [4.78, 5) is 2.11. The fourth-order valence-electron chi connectivity index (χ4n) is 2.69. The third-order valence-electron chi connectivity index (χ3n) is 3.75. The van der Waals surface area contributed by atoms with Gasteiger partial charge in [0.1, 0.15) is 5.82 Å². The summed E-state index contributed by atoms with van der Waals surface area (Å²) in [7, 11) is 0. The molecule has 1 fully saturated rings. The van der Waals surface area contributed by atoms with Crippen molar-refractivity contribution in [3.05, 3.63) is 35.1 Å². The van der Waals surface area contributed by atoms with E-state index in [1.807, 2.05) is 6.92 Å². The molecule has 1 aliphatic carbocycles. The van der Waals surface area contributed by atoms with Crippen molar-refractivity contribution in [3.8, 4) is 0 Å². The Balaban J connectivity index is 2.34. The molecule has 0 heterocycles. The van der Waals surface area contributed by atoms with E-state index in [0.717, 1.165) is 37.9 Å². The van der Waals surface area contributed by atoms with Crippen LogP contribution in [0.5, 0.6) is 0 Å². The molecule has 0 amide bonds. The molecule has 0 spiro atoms. The number of rotatable bonds is 6. The molecule has 0 aliphatic heterocycles. The third kappa shape index (κ3) is 3.95. The van der Waals surface area contributed by atoms with Crippen LogP contribution in [0.25, 0.3) is 0 Å². The standard InChI is InChI=1S/C15H20F4N2/c1-2-5-21(13-3-4-13)14(9-20)10-6-11(15(17,18)19)8-12(16)7-10/h6-8,13-14H,2-5,9,20H2,1H3. The summed E-state index contributed by atoms with van der Waals surface area (Å²) in [5.74, 6) is -0.870. The Morgan fingerprint density at radius 3 is 2.43 bits per heavy atom. The van der Waals surface area contributed by atoms with E-state index in [1.165, 1.54) is 0 Å². The highest BCUT2D eigenvalue weighted by Crippen LogP contribution is 2.37. The topological polar surface area (TPSA) is 29.3 Å². The molecule has 1 aliphatic rings. The molecule has 6 heteroatoms. The Labute approximate surface area is 121 Å². The molecule has 1 unspecified atom stereocenters. The van der Waals surface area contributed by atoms with Crippen molar-refractivity contribution in [2.75, 3.05) is 13.1 Å². The van der Waals surface area contributed by atoms with E-state index >= 15 is 0 Å². The van der Waals surface area contributed by atoms with Crippen LogP contribution in [0, 0.1) is 5.82 Å². The molecule has 2 rings (SSSR count). The van der Waals surface area contributed by atoms with Crippen LogP contribution in [0.3, 0.4) is 0 Å². The van der Waals surface area contributed by atoms with Crippen molar-refractivity contribution in [2.24, 2.45) is 5.73 Å². The molecule has 0 radical (unpaired) electrons. The van der Waals surface area contributed by atoms with Crippen LogP contribution < -0.4 is 5.73 Å². The zero-order valence-electron chi connectivity index (χ0n) is 12.0. The molecule has 2 nitrogen and oxygen atoms in total. The first-order chi connectivity index (χ1) is 9.86. The summed E-state index contributed by atoms with van der Waals surface area (Å²) in [6, 6.07) is 2.70. The normalized spacial score (nSPS) is 17.3. The molecule has 1 saturated carbocycles. The van der Waals surface area contributed by atoms with E-state index in [9.17, 15) is 17.6 Å². The van der Waals surface area contributed by atoms with Crippen molar-refractivity contribution < 1.29 is 17.6 Å².